The summed E-state index contributed by atoms with van der Waals surface area (Å²) in [5.41, 5.74) is 4.46. The van der Waals surface area contributed by atoms with Crippen LogP contribution in [0.15, 0.2) is 90.0 Å². The van der Waals surface area contributed by atoms with Gasteiger partial charge in [-0.1, -0.05) is 86.1 Å². The Balaban J connectivity index is 1.33. The summed E-state index contributed by atoms with van der Waals surface area (Å²) in [5, 5.41) is 33.0. The molecular formula is C38H44N6O10S. The number of aliphatic carboxylic acids is 1. The van der Waals surface area contributed by atoms with E-state index >= 15 is 0 Å². The quantitative estimate of drug-likeness (QED) is 0.0389. The first-order valence-electron chi connectivity index (χ1n) is 17.5. The molecule has 0 aliphatic carbocycles. The summed E-state index contributed by atoms with van der Waals surface area (Å²) >= 11 is 0. The number of imidazole rings is 1. The first-order valence-corrected chi connectivity index (χ1v) is 19.0. The fourth-order valence-electron chi connectivity index (χ4n) is 5.75. The fraction of sp³-hybridized carbons (Fsp3) is 0.316. The van der Waals surface area contributed by atoms with Crippen LogP contribution < -0.4 is 20.8 Å². The Bertz CT molecular complexity index is 2070. The average molecular weight is 777 g/mol. The number of carbonyl (C=O) groups is 5. The lowest BCUT2D eigenvalue weighted by atomic mass is 9.97. The van der Waals surface area contributed by atoms with E-state index in [-0.39, 0.29) is 24.5 Å². The van der Waals surface area contributed by atoms with E-state index in [9.17, 15) is 42.6 Å². The lowest BCUT2D eigenvalue weighted by molar-refractivity contribution is -0.146. The molecule has 0 saturated heterocycles. The number of hydrogen-bond donors (Lipinski definition) is 7. The van der Waals surface area contributed by atoms with Crippen LogP contribution in [0.4, 0.5) is 0 Å². The summed E-state index contributed by atoms with van der Waals surface area (Å²) in [6.07, 6.45) is 2.98. The van der Waals surface area contributed by atoms with Crippen molar-refractivity contribution in [3.63, 3.8) is 0 Å². The number of nitrogens with zero attached hydrogens (tertiary/aromatic N) is 2. The van der Waals surface area contributed by atoms with Gasteiger partial charge in [0.15, 0.2) is 0 Å². The number of carbonyl (C=O) groups excluding carboxylic acids is 4. The highest BCUT2D eigenvalue weighted by molar-refractivity contribution is 7.90. The molecule has 0 spiro atoms. The van der Waals surface area contributed by atoms with E-state index in [4.69, 9.17) is 5.21 Å². The molecule has 4 amide bonds. The van der Waals surface area contributed by atoms with Gasteiger partial charge in [-0.2, -0.15) is 0 Å². The number of aryl methyl sites for hydroxylation is 1. The number of rotatable bonds is 20. The maximum atomic E-state index is 13.4. The number of unbranched alkanes of at least 4 members (excludes halogenated alkanes) is 1. The van der Waals surface area contributed by atoms with Crippen LogP contribution in [0.1, 0.15) is 55.3 Å². The Kier molecular flexibility index (Phi) is 15.2. The Morgan fingerprint density at radius 2 is 1.56 bits per heavy atom. The van der Waals surface area contributed by atoms with E-state index in [1.165, 1.54) is 17.6 Å². The zero-order valence-corrected chi connectivity index (χ0v) is 30.9. The van der Waals surface area contributed by atoms with Crippen LogP contribution in [0.5, 0.6) is 0 Å². The second-order valence-corrected chi connectivity index (χ2v) is 14.3. The lowest BCUT2D eigenvalue weighted by Gasteiger charge is -2.19. The highest BCUT2D eigenvalue weighted by atomic mass is 32.2. The molecule has 4 aromatic rings. The molecule has 1 heterocycles. The first-order chi connectivity index (χ1) is 26.4. The third kappa shape index (κ3) is 11.8. The second kappa shape index (κ2) is 20.0. The van der Waals surface area contributed by atoms with Crippen molar-refractivity contribution in [2.24, 2.45) is 5.92 Å². The second-order valence-electron chi connectivity index (χ2n) is 12.7. The van der Waals surface area contributed by atoms with Crippen molar-refractivity contribution < 1.29 is 47.8 Å². The standard InChI is InChI=1S/C38H44N6O10S/c1-2-3-13-33-40-22-28(24-45)44(33)23-26-14-16-27(17-15-26)29-11-7-8-12-32(29)55(53,54)43-34(46)18-19-39-35(47)21-31(38(50)51)41-36(48)30(37(49)42-52)20-25-9-5-4-6-10-25/h4-12,14-17,22,30-31,45,52H,2-3,13,18-21,23-24H2,1H3,(H,39,47)(H,41,48)(H,42,49)(H,43,46)(H,50,51). The van der Waals surface area contributed by atoms with Crippen molar-refractivity contribution in [2.75, 3.05) is 6.54 Å². The minimum Gasteiger partial charge on any atom is -0.480 e. The fourth-order valence-corrected chi connectivity index (χ4v) is 7.00. The van der Waals surface area contributed by atoms with Gasteiger partial charge >= 0.3 is 5.97 Å². The van der Waals surface area contributed by atoms with Crippen LogP contribution in [0.3, 0.4) is 0 Å². The topological polar surface area (TPSA) is 246 Å². The predicted octanol–water partition coefficient (Wildman–Crippen LogP) is 2.07. The molecule has 0 radical (unpaired) electrons. The van der Waals surface area contributed by atoms with Crippen molar-refractivity contribution in [2.45, 2.75) is 69.5 Å². The molecule has 55 heavy (non-hydrogen) atoms. The molecule has 292 valence electrons. The molecule has 2 atom stereocenters. The first kappa shape index (κ1) is 41.8. The van der Waals surface area contributed by atoms with Gasteiger partial charge in [0.1, 0.15) is 17.8 Å². The number of benzene rings is 3. The third-order valence-electron chi connectivity index (χ3n) is 8.67. The largest absolute Gasteiger partial charge is 0.480 e. The van der Waals surface area contributed by atoms with Gasteiger partial charge in [-0.05, 0) is 35.6 Å². The number of nitrogens with one attached hydrogen (secondary N) is 4. The average Bonchev–Trinajstić information content (AvgIpc) is 3.56. The van der Waals surface area contributed by atoms with Crippen molar-refractivity contribution in [3.05, 3.63) is 108 Å². The maximum Gasteiger partial charge on any atom is 0.326 e. The summed E-state index contributed by atoms with van der Waals surface area (Å²) in [5.74, 6) is -6.15. The van der Waals surface area contributed by atoms with E-state index in [0.717, 1.165) is 30.7 Å². The number of aromatic nitrogens is 2. The minimum absolute atomic E-state index is 0.153. The third-order valence-corrected chi connectivity index (χ3v) is 10.1. The minimum atomic E-state index is -4.38. The molecule has 16 nitrogen and oxygen atoms in total. The Hall–Kier alpha value is -5.91. The number of hydroxylamine groups is 1. The number of sulfonamides is 1. The zero-order valence-electron chi connectivity index (χ0n) is 30.1. The molecular weight excluding hydrogens is 733 g/mol. The van der Waals surface area contributed by atoms with Gasteiger partial charge in [0.2, 0.25) is 17.7 Å². The van der Waals surface area contributed by atoms with E-state index in [2.05, 4.69) is 22.5 Å². The monoisotopic (exact) mass is 776 g/mol. The normalized spacial score (nSPS) is 12.3. The number of aliphatic hydroxyl groups excluding tert-OH is 1. The van der Waals surface area contributed by atoms with Crippen LogP contribution in [0.2, 0.25) is 0 Å². The molecule has 17 heteroatoms. The van der Waals surface area contributed by atoms with E-state index < -0.39 is 64.4 Å². The molecule has 0 bridgehead atoms. The molecule has 1 aromatic heterocycles. The van der Waals surface area contributed by atoms with Crippen molar-refractivity contribution in [3.8, 4) is 11.1 Å². The van der Waals surface area contributed by atoms with Crippen molar-refractivity contribution in [1.29, 1.82) is 0 Å². The van der Waals surface area contributed by atoms with Gasteiger partial charge in [0.05, 0.1) is 29.8 Å². The van der Waals surface area contributed by atoms with Gasteiger partial charge in [0, 0.05) is 31.5 Å². The van der Waals surface area contributed by atoms with Crippen LogP contribution in [-0.4, -0.2) is 75.6 Å². The maximum absolute atomic E-state index is 13.4. The number of amides is 4. The molecule has 2 unspecified atom stereocenters. The summed E-state index contributed by atoms with van der Waals surface area (Å²) in [4.78, 5) is 66.5. The Morgan fingerprint density at radius 1 is 0.873 bits per heavy atom. The van der Waals surface area contributed by atoms with Gasteiger partial charge < -0.3 is 25.4 Å². The highest BCUT2D eigenvalue weighted by Crippen LogP contribution is 2.28. The molecule has 0 aliphatic rings. The number of hydrogen-bond acceptors (Lipinski definition) is 10. The number of carboxylic acids is 1. The molecule has 4 rings (SSSR count). The Labute approximate surface area is 318 Å². The summed E-state index contributed by atoms with van der Waals surface area (Å²) in [6, 6.07) is 19.9. The lowest BCUT2D eigenvalue weighted by Crippen LogP contribution is -2.49. The highest BCUT2D eigenvalue weighted by Gasteiger charge is 2.32. The van der Waals surface area contributed by atoms with E-state index in [1.807, 2.05) is 21.4 Å². The zero-order chi connectivity index (χ0) is 40.0. The molecule has 0 aliphatic heterocycles. The summed E-state index contributed by atoms with van der Waals surface area (Å²) < 4.78 is 30.7. The molecule has 0 fully saturated rings. The van der Waals surface area contributed by atoms with Crippen LogP contribution >= 0.6 is 0 Å². The number of carboxylic acid groups (broad SMARTS) is 1. The van der Waals surface area contributed by atoms with Gasteiger partial charge in [-0.15, -0.1) is 0 Å². The van der Waals surface area contributed by atoms with Crippen molar-refractivity contribution in [1.82, 2.24) is 30.4 Å². The smallest absolute Gasteiger partial charge is 0.326 e. The Morgan fingerprint density at radius 3 is 2.22 bits per heavy atom. The predicted molar refractivity (Wildman–Crippen MR) is 198 cm³/mol. The summed E-state index contributed by atoms with van der Waals surface area (Å²) in [6.45, 7) is 2.04. The molecule has 0 saturated carbocycles. The van der Waals surface area contributed by atoms with Gasteiger partial charge in [-0.25, -0.2) is 28.4 Å². The summed E-state index contributed by atoms with van der Waals surface area (Å²) in [7, 11) is -4.38. The van der Waals surface area contributed by atoms with Crippen LogP contribution in [0, 0.1) is 5.92 Å². The molecule has 3 aromatic carbocycles. The SMILES string of the molecule is CCCCc1ncc(CO)n1Cc1ccc(-c2ccccc2S(=O)(=O)NC(=O)CCNC(=O)CC(NC(=O)C(Cc2ccccc2)C(=O)NO)C(=O)O)cc1. The molecule has 7 N–H and O–H groups in total. The number of aliphatic hydroxyl groups is 1. The van der Waals surface area contributed by atoms with Gasteiger partial charge in [-0.3, -0.25) is 24.4 Å². The van der Waals surface area contributed by atoms with E-state index in [0.29, 0.717) is 28.9 Å². The van der Waals surface area contributed by atoms with Crippen LogP contribution in [0.25, 0.3) is 11.1 Å². The van der Waals surface area contributed by atoms with E-state index in [1.54, 1.807) is 60.8 Å². The van der Waals surface area contributed by atoms with Gasteiger partial charge in [0.25, 0.3) is 15.9 Å². The van der Waals surface area contributed by atoms with Crippen LogP contribution in [-0.2, 0) is 60.0 Å². The van der Waals surface area contributed by atoms with Crippen molar-refractivity contribution >= 4 is 39.6 Å².